The first-order valence-electron chi connectivity index (χ1n) is 3.98. The maximum Gasteiger partial charge on any atom is 0.0167 e. The van der Waals surface area contributed by atoms with Crippen molar-refractivity contribution in [2.24, 2.45) is 5.73 Å². The molecule has 2 N–H and O–H groups in total. The summed E-state index contributed by atoms with van der Waals surface area (Å²) < 4.78 is 0. The SMILES string of the molecule is C=CCN(CC=C)CC=C.CN.Cl. The Balaban J connectivity index is -0.000000309. The Kier molecular flexibility index (Phi) is 24.6. The van der Waals surface area contributed by atoms with Crippen molar-refractivity contribution >= 4 is 12.4 Å². The molecule has 0 aliphatic rings. The first-order chi connectivity index (χ1) is 5.85. The molecule has 0 radical (unpaired) electrons. The van der Waals surface area contributed by atoms with E-state index in [0.29, 0.717) is 0 Å². The first-order valence-corrected chi connectivity index (χ1v) is 3.98. The fraction of sp³-hybridized carbons (Fsp3) is 0.400. The van der Waals surface area contributed by atoms with Crippen molar-refractivity contribution in [3.8, 4) is 0 Å². The van der Waals surface area contributed by atoms with E-state index >= 15 is 0 Å². The van der Waals surface area contributed by atoms with Crippen LogP contribution in [0, 0.1) is 0 Å². The molecule has 0 aliphatic carbocycles. The first kappa shape index (κ1) is 18.3. The molecule has 0 rings (SSSR count). The summed E-state index contributed by atoms with van der Waals surface area (Å²) in [5.41, 5.74) is 4.50. The Bertz CT molecular complexity index is 100. The van der Waals surface area contributed by atoms with Gasteiger partial charge in [0.2, 0.25) is 0 Å². The third kappa shape index (κ3) is 14.3. The van der Waals surface area contributed by atoms with Crippen LogP contribution in [0.1, 0.15) is 0 Å². The van der Waals surface area contributed by atoms with Crippen LogP contribution in [-0.2, 0) is 0 Å². The zero-order valence-corrected chi connectivity index (χ0v) is 9.22. The second-order valence-electron chi connectivity index (χ2n) is 2.08. The van der Waals surface area contributed by atoms with Gasteiger partial charge in [0.05, 0.1) is 0 Å². The van der Waals surface area contributed by atoms with Crippen LogP contribution in [0.5, 0.6) is 0 Å². The van der Waals surface area contributed by atoms with Crippen LogP contribution < -0.4 is 5.73 Å². The fourth-order valence-corrected chi connectivity index (χ4v) is 0.771. The molecular formula is C10H21ClN2. The second-order valence-corrected chi connectivity index (χ2v) is 2.08. The molecule has 0 bridgehead atoms. The number of rotatable bonds is 6. The average Bonchev–Trinajstić information content (AvgIpc) is 2.10. The fourth-order valence-electron chi connectivity index (χ4n) is 0.771. The summed E-state index contributed by atoms with van der Waals surface area (Å²) in [6.45, 7) is 13.7. The number of nitrogens with two attached hydrogens (primary N) is 1. The Morgan fingerprint density at radius 2 is 1.15 bits per heavy atom. The lowest BCUT2D eigenvalue weighted by Crippen LogP contribution is -2.23. The molecule has 0 heterocycles. The molecule has 0 aliphatic heterocycles. The normalized spacial score (nSPS) is 7.62. The van der Waals surface area contributed by atoms with Crippen LogP contribution in [0.2, 0.25) is 0 Å². The van der Waals surface area contributed by atoms with Gasteiger partial charge in [-0.15, -0.1) is 32.1 Å². The summed E-state index contributed by atoms with van der Waals surface area (Å²) >= 11 is 0. The predicted molar refractivity (Wildman–Crippen MR) is 64.4 cm³/mol. The molecule has 0 amide bonds. The maximum absolute atomic E-state index is 4.50. The van der Waals surface area contributed by atoms with Gasteiger partial charge in [0, 0.05) is 19.6 Å². The second kappa shape index (κ2) is 17.5. The van der Waals surface area contributed by atoms with Crippen LogP contribution in [0.15, 0.2) is 38.0 Å². The van der Waals surface area contributed by atoms with E-state index in [1.807, 2.05) is 18.2 Å². The standard InChI is InChI=1S/C9H15N.CH5N.ClH/c1-4-7-10(8-5-2)9-6-3;1-2;/h4-6H,1-3,7-9H2;2H2,1H3;1H. The number of halogens is 1. The van der Waals surface area contributed by atoms with Gasteiger partial charge < -0.3 is 5.73 Å². The molecule has 0 saturated heterocycles. The lowest BCUT2D eigenvalue weighted by molar-refractivity contribution is 0.373. The zero-order chi connectivity index (χ0) is 9.82. The highest BCUT2D eigenvalue weighted by atomic mass is 35.5. The maximum atomic E-state index is 4.50. The molecule has 78 valence electrons. The molecule has 13 heavy (non-hydrogen) atoms. The van der Waals surface area contributed by atoms with Crippen molar-refractivity contribution in [1.29, 1.82) is 0 Å². The van der Waals surface area contributed by atoms with Crippen molar-refractivity contribution in [2.45, 2.75) is 0 Å². The topological polar surface area (TPSA) is 29.3 Å². The predicted octanol–water partition coefficient (Wildman–Crippen LogP) is 1.84. The minimum absolute atomic E-state index is 0. The van der Waals surface area contributed by atoms with E-state index in [9.17, 15) is 0 Å². The summed E-state index contributed by atoms with van der Waals surface area (Å²) in [6.07, 6.45) is 5.65. The van der Waals surface area contributed by atoms with E-state index in [0.717, 1.165) is 19.6 Å². The Morgan fingerprint density at radius 3 is 1.31 bits per heavy atom. The van der Waals surface area contributed by atoms with Gasteiger partial charge >= 0.3 is 0 Å². The Labute approximate surface area is 88.2 Å². The summed E-state index contributed by atoms with van der Waals surface area (Å²) in [7, 11) is 1.50. The van der Waals surface area contributed by atoms with Crippen LogP contribution in [-0.4, -0.2) is 31.6 Å². The number of hydrogen-bond acceptors (Lipinski definition) is 2. The monoisotopic (exact) mass is 204 g/mol. The highest BCUT2D eigenvalue weighted by Gasteiger charge is 1.94. The Hall–Kier alpha value is -0.570. The van der Waals surface area contributed by atoms with E-state index in [2.05, 4.69) is 30.4 Å². The largest absolute Gasteiger partial charge is 0.333 e. The third-order valence-corrected chi connectivity index (χ3v) is 1.16. The quantitative estimate of drug-likeness (QED) is 0.670. The van der Waals surface area contributed by atoms with E-state index in [4.69, 9.17) is 0 Å². The molecular weight excluding hydrogens is 184 g/mol. The molecule has 0 aromatic rings. The summed E-state index contributed by atoms with van der Waals surface area (Å²) in [5.74, 6) is 0. The van der Waals surface area contributed by atoms with Gasteiger partial charge in [-0.25, -0.2) is 0 Å². The lowest BCUT2D eigenvalue weighted by atomic mass is 10.4. The van der Waals surface area contributed by atoms with Crippen molar-refractivity contribution in [1.82, 2.24) is 4.90 Å². The van der Waals surface area contributed by atoms with Gasteiger partial charge in [-0.05, 0) is 7.05 Å². The minimum atomic E-state index is 0. The number of hydrogen-bond donors (Lipinski definition) is 1. The van der Waals surface area contributed by atoms with Crippen molar-refractivity contribution in [3.63, 3.8) is 0 Å². The van der Waals surface area contributed by atoms with Crippen molar-refractivity contribution in [2.75, 3.05) is 26.7 Å². The van der Waals surface area contributed by atoms with Gasteiger partial charge in [-0.1, -0.05) is 18.2 Å². The minimum Gasteiger partial charge on any atom is -0.333 e. The van der Waals surface area contributed by atoms with Crippen LogP contribution >= 0.6 is 12.4 Å². The van der Waals surface area contributed by atoms with Gasteiger partial charge in [0.15, 0.2) is 0 Å². The van der Waals surface area contributed by atoms with Crippen LogP contribution in [0.25, 0.3) is 0 Å². The smallest absolute Gasteiger partial charge is 0.0167 e. The molecule has 0 unspecified atom stereocenters. The zero-order valence-electron chi connectivity index (χ0n) is 8.41. The highest BCUT2D eigenvalue weighted by Crippen LogP contribution is 1.88. The molecule has 0 saturated carbocycles. The Morgan fingerprint density at radius 1 is 0.923 bits per heavy atom. The van der Waals surface area contributed by atoms with Crippen LogP contribution in [0.3, 0.4) is 0 Å². The highest BCUT2D eigenvalue weighted by molar-refractivity contribution is 5.85. The van der Waals surface area contributed by atoms with E-state index in [-0.39, 0.29) is 12.4 Å². The molecule has 2 nitrogen and oxygen atoms in total. The summed E-state index contributed by atoms with van der Waals surface area (Å²) in [6, 6.07) is 0. The molecule has 0 aromatic carbocycles. The molecule has 0 fully saturated rings. The average molecular weight is 205 g/mol. The van der Waals surface area contributed by atoms with Gasteiger partial charge in [0.1, 0.15) is 0 Å². The van der Waals surface area contributed by atoms with E-state index < -0.39 is 0 Å². The number of nitrogens with zero attached hydrogens (tertiary/aromatic N) is 1. The van der Waals surface area contributed by atoms with Crippen molar-refractivity contribution in [3.05, 3.63) is 38.0 Å². The summed E-state index contributed by atoms with van der Waals surface area (Å²) in [5, 5.41) is 0. The molecule has 0 aromatic heterocycles. The van der Waals surface area contributed by atoms with Gasteiger partial charge in [-0.3, -0.25) is 4.90 Å². The van der Waals surface area contributed by atoms with Gasteiger partial charge in [0.25, 0.3) is 0 Å². The molecule has 0 spiro atoms. The van der Waals surface area contributed by atoms with Crippen molar-refractivity contribution < 1.29 is 0 Å². The van der Waals surface area contributed by atoms with E-state index in [1.165, 1.54) is 7.05 Å². The summed E-state index contributed by atoms with van der Waals surface area (Å²) in [4.78, 5) is 2.19. The lowest BCUT2D eigenvalue weighted by Gasteiger charge is -2.15. The van der Waals surface area contributed by atoms with Gasteiger partial charge in [-0.2, -0.15) is 0 Å². The molecule has 3 heteroatoms. The van der Waals surface area contributed by atoms with Crippen LogP contribution in [0.4, 0.5) is 0 Å². The third-order valence-electron chi connectivity index (χ3n) is 1.16. The van der Waals surface area contributed by atoms with E-state index in [1.54, 1.807) is 0 Å². The molecule has 0 atom stereocenters.